The van der Waals surface area contributed by atoms with Crippen molar-refractivity contribution in [2.45, 2.75) is 25.6 Å². The number of phenols is 1. The van der Waals surface area contributed by atoms with Gasteiger partial charge >= 0.3 is 0 Å². The summed E-state index contributed by atoms with van der Waals surface area (Å²) < 4.78 is 18.9. The van der Waals surface area contributed by atoms with Gasteiger partial charge in [-0.05, 0) is 60.5 Å². The van der Waals surface area contributed by atoms with Gasteiger partial charge in [-0.15, -0.1) is 0 Å². The van der Waals surface area contributed by atoms with Crippen LogP contribution in [0, 0.1) is 5.82 Å². The summed E-state index contributed by atoms with van der Waals surface area (Å²) in [6.07, 6.45) is 0.291. The van der Waals surface area contributed by atoms with Gasteiger partial charge in [0.05, 0.1) is 6.61 Å². The van der Waals surface area contributed by atoms with Crippen LogP contribution in [-0.4, -0.2) is 17.4 Å². The Morgan fingerprint density at radius 3 is 2.45 bits per heavy atom. The zero-order chi connectivity index (χ0) is 20.2. The van der Waals surface area contributed by atoms with Gasteiger partial charge in [-0.25, -0.2) is 4.39 Å². The van der Waals surface area contributed by atoms with Gasteiger partial charge in [-0.3, -0.25) is 10.3 Å². The predicted octanol–water partition coefficient (Wildman–Crippen LogP) is 5.15. The van der Waals surface area contributed by atoms with Gasteiger partial charge in [0, 0.05) is 23.7 Å². The van der Waals surface area contributed by atoms with Gasteiger partial charge in [-0.2, -0.15) is 0 Å². The lowest BCUT2D eigenvalue weighted by Gasteiger charge is -2.31. The van der Waals surface area contributed by atoms with Crippen LogP contribution in [0.15, 0.2) is 77.8 Å². The molecule has 3 aromatic rings. The van der Waals surface area contributed by atoms with Crippen molar-refractivity contribution in [3.63, 3.8) is 0 Å². The number of hydrogen-bond donors (Lipinski definition) is 2. The van der Waals surface area contributed by atoms with Crippen LogP contribution in [0.4, 0.5) is 4.39 Å². The van der Waals surface area contributed by atoms with E-state index in [9.17, 15) is 9.50 Å². The molecule has 4 nitrogen and oxygen atoms in total. The summed E-state index contributed by atoms with van der Waals surface area (Å²) in [5.74, 6) is 0.784. The van der Waals surface area contributed by atoms with Crippen LogP contribution in [0.1, 0.15) is 42.2 Å². The molecule has 2 atom stereocenters. The molecule has 0 saturated carbocycles. The Kier molecular flexibility index (Phi) is 5.58. The molecule has 148 valence electrons. The molecule has 0 unspecified atom stereocenters. The Bertz CT molecular complexity index is 1000. The number of phenolic OH excluding ortho intramolecular Hbond substituents is 1. The summed E-state index contributed by atoms with van der Waals surface area (Å²) in [5.41, 5.74) is 3.62. The van der Waals surface area contributed by atoms with Crippen LogP contribution in [0.5, 0.6) is 11.5 Å². The van der Waals surface area contributed by atoms with Crippen molar-refractivity contribution in [3.8, 4) is 11.5 Å². The number of benzene rings is 3. The van der Waals surface area contributed by atoms with Crippen molar-refractivity contribution in [2.75, 3.05) is 6.61 Å². The first kappa shape index (κ1) is 19.2. The highest BCUT2D eigenvalue weighted by molar-refractivity contribution is 6.01. The highest BCUT2D eigenvalue weighted by Gasteiger charge is 2.27. The lowest BCUT2D eigenvalue weighted by molar-refractivity contribution is 0.340. The molecule has 1 heterocycles. The van der Waals surface area contributed by atoms with Gasteiger partial charge in [0.1, 0.15) is 23.5 Å². The molecule has 4 rings (SSSR count). The fourth-order valence-corrected chi connectivity index (χ4v) is 3.59. The third-order valence-corrected chi connectivity index (χ3v) is 5.04. The molecule has 0 radical (unpaired) electrons. The van der Waals surface area contributed by atoms with Crippen LogP contribution in [-0.2, 0) is 0 Å². The zero-order valence-electron chi connectivity index (χ0n) is 16.2. The van der Waals surface area contributed by atoms with Gasteiger partial charge in [0.15, 0.2) is 0 Å². The zero-order valence-corrected chi connectivity index (χ0v) is 16.2. The Morgan fingerprint density at radius 2 is 1.76 bits per heavy atom. The first-order valence-corrected chi connectivity index (χ1v) is 9.73. The topological polar surface area (TPSA) is 53.8 Å². The molecule has 0 fully saturated rings. The Hall–Kier alpha value is -3.18. The second-order valence-corrected chi connectivity index (χ2v) is 6.97. The number of aliphatic imine (C=N–C) groups is 1. The minimum absolute atomic E-state index is 0.120. The van der Waals surface area contributed by atoms with Crippen LogP contribution in [0.3, 0.4) is 0 Å². The summed E-state index contributed by atoms with van der Waals surface area (Å²) in [5, 5.41) is 13.8. The van der Waals surface area contributed by atoms with Crippen molar-refractivity contribution >= 4 is 5.71 Å². The molecular weight excluding hydrogens is 367 g/mol. The fraction of sp³-hybridized carbons (Fsp3) is 0.208. The molecule has 29 heavy (non-hydrogen) atoms. The quantitative estimate of drug-likeness (QED) is 0.633. The minimum Gasteiger partial charge on any atom is -0.508 e. The van der Waals surface area contributed by atoms with E-state index >= 15 is 0 Å². The minimum atomic E-state index is -0.337. The van der Waals surface area contributed by atoms with E-state index in [1.165, 1.54) is 12.1 Å². The standard InChI is InChI=1S/C24H23FN2O2/c1-2-29-19-13-9-16(10-14-19)21-15-22(20-5-3-4-6-23(20)28)27-24(26-21)17-7-11-18(25)12-8-17/h3-14,22,24,27-28H,2,15H2,1H3/t22-,24-/m0/s1. The lowest BCUT2D eigenvalue weighted by atomic mass is 9.93. The smallest absolute Gasteiger partial charge is 0.126 e. The Morgan fingerprint density at radius 1 is 1.03 bits per heavy atom. The summed E-state index contributed by atoms with van der Waals surface area (Å²) in [4.78, 5) is 4.89. The van der Waals surface area contributed by atoms with E-state index in [2.05, 4.69) is 5.32 Å². The molecule has 0 saturated heterocycles. The monoisotopic (exact) mass is 390 g/mol. The van der Waals surface area contributed by atoms with E-state index in [0.717, 1.165) is 28.2 Å². The number of nitrogens with one attached hydrogen (secondary N) is 1. The van der Waals surface area contributed by atoms with Crippen LogP contribution in [0.2, 0.25) is 0 Å². The molecule has 0 amide bonds. The number of nitrogens with zero attached hydrogens (tertiary/aromatic N) is 1. The van der Waals surface area contributed by atoms with E-state index in [1.807, 2.05) is 43.3 Å². The van der Waals surface area contributed by atoms with Crippen molar-refractivity contribution < 1.29 is 14.2 Å². The molecule has 5 heteroatoms. The predicted molar refractivity (Wildman–Crippen MR) is 112 cm³/mol. The van der Waals surface area contributed by atoms with Crippen LogP contribution < -0.4 is 10.1 Å². The third kappa shape index (κ3) is 4.30. The first-order chi connectivity index (χ1) is 14.1. The van der Waals surface area contributed by atoms with E-state index in [-0.39, 0.29) is 23.8 Å². The van der Waals surface area contributed by atoms with Crippen molar-refractivity contribution in [1.82, 2.24) is 5.32 Å². The molecule has 3 aromatic carbocycles. The summed E-state index contributed by atoms with van der Waals surface area (Å²) >= 11 is 0. The number of ether oxygens (including phenoxy) is 1. The highest BCUT2D eigenvalue weighted by atomic mass is 19.1. The van der Waals surface area contributed by atoms with E-state index in [1.54, 1.807) is 24.3 Å². The molecule has 0 spiro atoms. The Labute approximate surface area is 169 Å². The van der Waals surface area contributed by atoms with E-state index in [0.29, 0.717) is 13.0 Å². The molecule has 1 aliphatic rings. The fourth-order valence-electron chi connectivity index (χ4n) is 3.59. The lowest BCUT2D eigenvalue weighted by Crippen LogP contribution is -2.33. The summed E-state index contributed by atoms with van der Waals surface area (Å²) in [6, 6.07) is 21.4. The number of para-hydroxylation sites is 1. The van der Waals surface area contributed by atoms with E-state index in [4.69, 9.17) is 9.73 Å². The molecular formula is C24H23FN2O2. The van der Waals surface area contributed by atoms with Crippen LogP contribution >= 0.6 is 0 Å². The van der Waals surface area contributed by atoms with Gasteiger partial charge < -0.3 is 9.84 Å². The second kappa shape index (κ2) is 8.45. The number of rotatable bonds is 5. The molecule has 0 aromatic heterocycles. The van der Waals surface area contributed by atoms with Gasteiger partial charge in [0.25, 0.3) is 0 Å². The van der Waals surface area contributed by atoms with Crippen molar-refractivity contribution in [2.24, 2.45) is 4.99 Å². The van der Waals surface area contributed by atoms with Crippen molar-refractivity contribution in [3.05, 3.63) is 95.3 Å². The molecule has 2 N–H and O–H groups in total. The largest absolute Gasteiger partial charge is 0.508 e. The van der Waals surface area contributed by atoms with Gasteiger partial charge in [0.2, 0.25) is 0 Å². The first-order valence-electron chi connectivity index (χ1n) is 9.73. The highest BCUT2D eigenvalue weighted by Crippen LogP contribution is 2.34. The number of hydrogen-bond acceptors (Lipinski definition) is 4. The maximum Gasteiger partial charge on any atom is 0.126 e. The third-order valence-electron chi connectivity index (χ3n) is 5.04. The number of halogens is 1. The van der Waals surface area contributed by atoms with Gasteiger partial charge in [-0.1, -0.05) is 30.3 Å². The second-order valence-electron chi connectivity index (χ2n) is 6.97. The van der Waals surface area contributed by atoms with Crippen LogP contribution in [0.25, 0.3) is 0 Å². The average molecular weight is 390 g/mol. The average Bonchev–Trinajstić information content (AvgIpc) is 2.75. The SMILES string of the molecule is CCOc1ccc(C2=N[C@H](c3ccc(F)cc3)N[C@H](c3ccccc3O)C2)cc1. The Balaban J connectivity index is 1.71. The maximum atomic E-state index is 13.4. The maximum absolute atomic E-state index is 13.4. The number of aromatic hydroxyl groups is 1. The molecule has 0 aliphatic carbocycles. The van der Waals surface area contributed by atoms with E-state index < -0.39 is 0 Å². The van der Waals surface area contributed by atoms with Crippen molar-refractivity contribution in [1.29, 1.82) is 0 Å². The normalized spacial score (nSPS) is 18.9. The molecule has 0 bridgehead atoms. The molecule has 1 aliphatic heterocycles. The summed E-state index contributed by atoms with van der Waals surface area (Å²) in [7, 11) is 0. The summed E-state index contributed by atoms with van der Waals surface area (Å²) in [6.45, 7) is 2.57.